The predicted octanol–water partition coefficient (Wildman–Crippen LogP) is 0.521. The third-order valence-corrected chi connectivity index (χ3v) is 4.70. The molecule has 0 aromatic carbocycles. The lowest BCUT2D eigenvalue weighted by Gasteiger charge is -2.32. The Morgan fingerprint density at radius 3 is 2.56 bits per heavy atom. The SMILES string of the molecule is CCNC(=NCCNC(=O)C(C)(C)C)N1CCC(N2CCOCC2)C1. The summed E-state index contributed by atoms with van der Waals surface area (Å²) in [4.78, 5) is 21.5. The number of carbonyl (C=O) groups is 1. The molecule has 2 N–H and O–H groups in total. The van der Waals surface area contributed by atoms with Crippen molar-refractivity contribution in [3.63, 3.8) is 0 Å². The Labute approximate surface area is 152 Å². The normalized spacial score (nSPS) is 23.0. The van der Waals surface area contributed by atoms with Crippen molar-refractivity contribution in [3.8, 4) is 0 Å². The molecule has 0 radical (unpaired) electrons. The first kappa shape index (κ1) is 20.0. The van der Waals surface area contributed by atoms with Crippen LogP contribution in [-0.2, 0) is 9.53 Å². The van der Waals surface area contributed by atoms with Crippen molar-refractivity contribution in [3.05, 3.63) is 0 Å². The van der Waals surface area contributed by atoms with Gasteiger partial charge in [-0.1, -0.05) is 20.8 Å². The average molecular weight is 354 g/mol. The number of morpholine rings is 1. The fourth-order valence-electron chi connectivity index (χ4n) is 3.20. The van der Waals surface area contributed by atoms with Crippen molar-refractivity contribution in [1.82, 2.24) is 20.4 Å². The molecule has 0 aromatic heterocycles. The second-order valence-electron chi connectivity index (χ2n) is 7.78. The van der Waals surface area contributed by atoms with Crippen LogP contribution in [0.5, 0.6) is 0 Å². The molecule has 2 saturated heterocycles. The van der Waals surface area contributed by atoms with Crippen LogP contribution in [0.1, 0.15) is 34.1 Å². The summed E-state index contributed by atoms with van der Waals surface area (Å²) in [5.74, 6) is 1.03. The van der Waals surface area contributed by atoms with Gasteiger partial charge in [0.25, 0.3) is 0 Å². The molecule has 7 nitrogen and oxygen atoms in total. The quantitative estimate of drug-likeness (QED) is 0.428. The molecule has 0 saturated carbocycles. The molecule has 2 aliphatic heterocycles. The zero-order valence-electron chi connectivity index (χ0n) is 16.3. The summed E-state index contributed by atoms with van der Waals surface area (Å²) in [5, 5.41) is 6.34. The first-order chi connectivity index (χ1) is 11.9. The molecule has 2 heterocycles. The van der Waals surface area contributed by atoms with Crippen LogP contribution < -0.4 is 10.6 Å². The highest BCUT2D eigenvalue weighted by atomic mass is 16.5. The van der Waals surface area contributed by atoms with Crippen LogP contribution in [0.15, 0.2) is 4.99 Å². The monoisotopic (exact) mass is 353 g/mol. The van der Waals surface area contributed by atoms with Crippen molar-refractivity contribution in [2.45, 2.75) is 40.2 Å². The zero-order chi connectivity index (χ0) is 18.3. The highest BCUT2D eigenvalue weighted by molar-refractivity contribution is 5.81. The third-order valence-electron chi connectivity index (χ3n) is 4.70. The smallest absolute Gasteiger partial charge is 0.225 e. The molecule has 1 atom stereocenters. The van der Waals surface area contributed by atoms with Gasteiger partial charge in [0.2, 0.25) is 5.91 Å². The van der Waals surface area contributed by atoms with Crippen LogP contribution in [0, 0.1) is 5.41 Å². The Hall–Kier alpha value is -1.34. The van der Waals surface area contributed by atoms with E-state index in [9.17, 15) is 4.79 Å². The molecule has 144 valence electrons. The fourth-order valence-corrected chi connectivity index (χ4v) is 3.20. The van der Waals surface area contributed by atoms with Crippen LogP contribution in [-0.4, -0.2) is 86.7 Å². The van der Waals surface area contributed by atoms with Gasteiger partial charge in [-0.15, -0.1) is 0 Å². The summed E-state index contributed by atoms with van der Waals surface area (Å²) in [7, 11) is 0. The molecular weight excluding hydrogens is 318 g/mol. The van der Waals surface area contributed by atoms with E-state index >= 15 is 0 Å². The first-order valence-electron chi connectivity index (χ1n) is 9.55. The largest absolute Gasteiger partial charge is 0.379 e. The molecule has 1 amide bonds. The lowest BCUT2D eigenvalue weighted by Crippen LogP contribution is -2.46. The number of guanidine groups is 1. The molecular formula is C18H35N5O2. The summed E-state index contributed by atoms with van der Waals surface area (Å²) in [6.07, 6.45) is 1.17. The van der Waals surface area contributed by atoms with Crippen molar-refractivity contribution in [2.24, 2.45) is 10.4 Å². The van der Waals surface area contributed by atoms with Crippen molar-refractivity contribution in [1.29, 1.82) is 0 Å². The number of rotatable bonds is 5. The van der Waals surface area contributed by atoms with Gasteiger partial charge in [-0.2, -0.15) is 0 Å². The minimum atomic E-state index is -0.353. The number of amides is 1. The maximum atomic E-state index is 11.9. The number of hydrogen-bond acceptors (Lipinski definition) is 4. The number of nitrogens with one attached hydrogen (secondary N) is 2. The van der Waals surface area contributed by atoms with Gasteiger partial charge in [0.1, 0.15) is 0 Å². The second-order valence-corrected chi connectivity index (χ2v) is 7.78. The first-order valence-corrected chi connectivity index (χ1v) is 9.55. The van der Waals surface area contributed by atoms with Gasteiger partial charge in [0.15, 0.2) is 5.96 Å². The van der Waals surface area contributed by atoms with E-state index < -0.39 is 0 Å². The lowest BCUT2D eigenvalue weighted by atomic mass is 9.96. The van der Waals surface area contributed by atoms with Crippen LogP contribution in [0.4, 0.5) is 0 Å². The number of likely N-dealkylation sites (tertiary alicyclic amines) is 1. The fraction of sp³-hybridized carbons (Fsp3) is 0.889. The van der Waals surface area contributed by atoms with Crippen molar-refractivity contribution >= 4 is 11.9 Å². The van der Waals surface area contributed by atoms with Gasteiger partial charge in [-0.05, 0) is 13.3 Å². The maximum absolute atomic E-state index is 11.9. The Kier molecular flexibility index (Phi) is 7.50. The molecule has 0 aliphatic carbocycles. The minimum absolute atomic E-state index is 0.0706. The summed E-state index contributed by atoms with van der Waals surface area (Å²) in [6, 6.07) is 0.591. The van der Waals surface area contributed by atoms with Crippen molar-refractivity contribution in [2.75, 3.05) is 59.0 Å². The van der Waals surface area contributed by atoms with E-state index in [1.807, 2.05) is 20.8 Å². The van der Waals surface area contributed by atoms with E-state index in [0.29, 0.717) is 19.1 Å². The second kappa shape index (κ2) is 9.38. The standard InChI is InChI=1S/C18H35N5O2/c1-5-19-17(21-8-7-20-16(24)18(2,3)4)23-9-6-15(14-23)22-10-12-25-13-11-22/h15H,5-14H2,1-4H3,(H,19,21)(H,20,24). The van der Waals surface area contributed by atoms with E-state index in [-0.39, 0.29) is 11.3 Å². The van der Waals surface area contributed by atoms with Gasteiger partial charge in [0, 0.05) is 50.7 Å². The van der Waals surface area contributed by atoms with E-state index in [2.05, 4.69) is 27.4 Å². The molecule has 25 heavy (non-hydrogen) atoms. The summed E-state index contributed by atoms with van der Waals surface area (Å²) in [5.41, 5.74) is -0.353. The summed E-state index contributed by atoms with van der Waals surface area (Å²) < 4.78 is 5.45. The highest BCUT2D eigenvalue weighted by Crippen LogP contribution is 2.17. The number of carbonyl (C=O) groups excluding carboxylic acids is 1. The molecule has 2 rings (SSSR count). The number of aliphatic imine (C=N–C) groups is 1. The van der Waals surface area contributed by atoms with Gasteiger partial charge < -0.3 is 20.3 Å². The number of nitrogens with zero attached hydrogens (tertiary/aromatic N) is 3. The van der Waals surface area contributed by atoms with Crippen LogP contribution >= 0.6 is 0 Å². The number of hydrogen-bond donors (Lipinski definition) is 2. The summed E-state index contributed by atoms with van der Waals surface area (Å²) >= 11 is 0. The van der Waals surface area contributed by atoms with E-state index in [0.717, 1.165) is 51.9 Å². The molecule has 0 aromatic rings. The van der Waals surface area contributed by atoms with Gasteiger partial charge in [-0.25, -0.2) is 0 Å². The van der Waals surface area contributed by atoms with E-state index in [1.165, 1.54) is 6.42 Å². The molecule has 2 aliphatic rings. The molecule has 7 heteroatoms. The van der Waals surface area contributed by atoms with Gasteiger partial charge >= 0.3 is 0 Å². The van der Waals surface area contributed by atoms with Crippen LogP contribution in [0.25, 0.3) is 0 Å². The van der Waals surface area contributed by atoms with E-state index in [1.54, 1.807) is 0 Å². The Bertz CT molecular complexity index is 455. The molecule has 2 fully saturated rings. The Morgan fingerprint density at radius 1 is 1.20 bits per heavy atom. The topological polar surface area (TPSA) is 69.2 Å². The Balaban J connectivity index is 1.82. The maximum Gasteiger partial charge on any atom is 0.225 e. The van der Waals surface area contributed by atoms with Crippen LogP contribution in [0.3, 0.4) is 0 Å². The number of ether oxygens (including phenoxy) is 1. The van der Waals surface area contributed by atoms with Gasteiger partial charge in [-0.3, -0.25) is 14.7 Å². The molecule has 1 unspecified atom stereocenters. The van der Waals surface area contributed by atoms with E-state index in [4.69, 9.17) is 9.73 Å². The predicted molar refractivity (Wildman–Crippen MR) is 101 cm³/mol. The minimum Gasteiger partial charge on any atom is -0.379 e. The van der Waals surface area contributed by atoms with Crippen molar-refractivity contribution < 1.29 is 9.53 Å². The average Bonchev–Trinajstić information content (AvgIpc) is 3.07. The Morgan fingerprint density at radius 2 is 1.92 bits per heavy atom. The molecule has 0 spiro atoms. The third kappa shape index (κ3) is 6.15. The zero-order valence-corrected chi connectivity index (χ0v) is 16.3. The molecule has 0 bridgehead atoms. The highest BCUT2D eigenvalue weighted by Gasteiger charge is 2.30. The van der Waals surface area contributed by atoms with Gasteiger partial charge in [0.05, 0.1) is 19.8 Å². The summed E-state index contributed by atoms with van der Waals surface area (Å²) in [6.45, 7) is 15.7. The lowest BCUT2D eigenvalue weighted by molar-refractivity contribution is -0.128. The van der Waals surface area contributed by atoms with Crippen LogP contribution in [0.2, 0.25) is 0 Å².